The molecule has 0 bridgehead atoms. The highest BCUT2D eigenvalue weighted by Gasteiger charge is 2.31. The van der Waals surface area contributed by atoms with E-state index in [1.807, 2.05) is 0 Å². The van der Waals surface area contributed by atoms with Gasteiger partial charge in [0.05, 0.1) is 6.61 Å². The van der Waals surface area contributed by atoms with Crippen LogP contribution in [0.3, 0.4) is 0 Å². The predicted molar refractivity (Wildman–Crippen MR) is 79.2 cm³/mol. The lowest BCUT2D eigenvalue weighted by Crippen LogP contribution is -2.63. The molecule has 1 fully saturated rings. The largest absolute Gasteiger partial charge is 0.395 e. The van der Waals surface area contributed by atoms with E-state index in [0.29, 0.717) is 0 Å². The Hall–Kier alpha value is -0.580. The number of aliphatic hydroxyl groups is 1. The zero-order valence-corrected chi connectivity index (χ0v) is 12.8. The van der Waals surface area contributed by atoms with Crippen LogP contribution in [-0.4, -0.2) is 36.4 Å². The van der Waals surface area contributed by atoms with Gasteiger partial charge in [-0.15, -0.1) is 0 Å². The van der Waals surface area contributed by atoms with Crippen molar-refractivity contribution in [3.05, 3.63) is 28.2 Å². The minimum atomic E-state index is 0.0169. The van der Waals surface area contributed by atoms with Gasteiger partial charge in [0.1, 0.15) is 0 Å². The van der Waals surface area contributed by atoms with Gasteiger partial charge in [-0.3, -0.25) is 0 Å². The van der Waals surface area contributed by atoms with Crippen LogP contribution in [0.25, 0.3) is 0 Å². The second-order valence-corrected chi connectivity index (χ2v) is 6.58. The van der Waals surface area contributed by atoms with E-state index in [9.17, 15) is 5.11 Å². The molecule has 2 rings (SSSR count). The quantitative estimate of drug-likeness (QED) is 0.879. The fraction of sp³-hybridized carbons (Fsp3) is 0.571. The van der Waals surface area contributed by atoms with Crippen molar-refractivity contribution in [1.29, 1.82) is 0 Å². The Kier molecular flexibility index (Phi) is 3.99. The molecule has 0 saturated carbocycles. The average molecular weight is 313 g/mol. The van der Waals surface area contributed by atoms with Crippen molar-refractivity contribution in [2.24, 2.45) is 0 Å². The number of aliphatic hydroxyl groups excluding tert-OH is 1. The van der Waals surface area contributed by atoms with Gasteiger partial charge in [0.2, 0.25) is 0 Å². The van der Waals surface area contributed by atoms with Crippen molar-refractivity contribution in [2.75, 3.05) is 24.6 Å². The van der Waals surface area contributed by atoms with Gasteiger partial charge in [-0.05, 0) is 38.5 Å². The summed E-state index contributed by atoms with van der Waals surface area (Å²) in [6.07, 6.45) is 0. The summed E-state index contributed by atoms with van der Waals surface area (Å²) in [5.74, 6) is 0. The van der Waals surface area contributed by atoms with E-state index < -0.39 is 0 Å². The first-order valence-corrected chi connectivity index (χ1v) is 7.10. The van der Waals surface area contributed by atoms with Crippen molar-refractivity contribution in [3.8, 4) is 0 Å². The van der Waals surface area contributed by atoms with Gasteiger partial charge >= 0.3 is 0 Å². The molecular formula is C14H21BrN2O. The molecule has 18 heavy (non-hydrogen) atoms. The van der Waals surface area contributed by atoms with E-state index >= 15 is 0 Å². The summed E-state index contributed by atoms with van der Waals surface area (Å²) in [6, 6.07) is 6.57. The van der Waals surface area contributed by atoms with Crippen molar-refractivity contribution >= 4 is 21.6 Å². The first-order valence-electron chi connectivity index (χ1n) is 6.31. The van der Waals surface area contributed by atoms with Gasteiger partial charge in [0.25, 0.3) is 0 Å². The SMILES string of the molecule is Cc1ccc(N2CC(CO)NC(C)(C)C2)cc1Br. The maximum Gasteiger partial charge on any atom is 0.0602 e. The first-order chi connectivity index (χ1) is 8.41. The molecule has 1 heterocycles. The highest BCUT2D eigenvalue weighted by molar-refractivity contribution is 9.10. The third-order valence-corrected chi connectivity index (χ3v) is 4.22. The number of anilines is 1. The fourth-order valence-electron chi connectivity index (χ4n) is 2.53. The van der Waals surface area contributed by atoms with Crippen molar-refractivity contribution in [2.45, 2.75) is 32.4 Å². The molecule has 1 unspecified atom stereocenters. The lowest BCUT2D eigenvalue weighted by Gasteiger charge is -2.44. The number of aryl methyl sites for hydroxylation is 1. The Morgan fingerprint density at radius 3 is 2.83 bits per heavy atom. The van der Waals surface area contributed by atoms with Crippen molar-refractivity contribution in [3.63, 3.8) is 0 Å². The molecule has 1 aliphatic heterocycles. The summed E-state index contributed by atoms with van der Waals surface area (Å²) < 4.78 is 1.14. The van der Waals surface area contributed by atoms with Crippen LogP contribution < -0.4 is 10.2 Å². The Labute approximate surface area is 117 Å². The minimum absolute atomic E-state index is 0.0169. The summed E-state index contributed by atoms with van der Waals surface area (Å²) in [6.45, 7) is 8.39. The molecule has 0 amide bonds. The number of nitrogens with zero attached hydrogens (tertiary/aromatic N) is 1. The molecule has 4 heteroatoms. The molecule has 0 aliphatic carbocycles. The van der Waals surface area contributed by atoms with Gasteiger partial charge in [-0.1, -0.05) is 22.0 Å². The number of rotatable bonds is 2. The van der Waals surface area contributed by atoms with Crippen LogP contribution in [0.4, 0.5) is 5.69 Å². The lowest BCUT2D eigenvalue weighted by molar-refractivity contribution is 0.191. The highest BCUT2D eigenvalue weighted by Crippen LogP contribution is 2.26. The number of nitrogens with one attached hydrogen (secondary N) is 1. The maximum atomic E-state index is 9.39. The van der Waals surface area contributed by atoms with E-state index in [-0.39, 0.29) is 18.2 Å². The van der Waals surface area contributed by atoms with Gasteiger partial charge in [-0.25, -0.2) is 0 Å². The minimum Gasteiger partial charge on any atom is -0.395 e. The van der Waals surface area contributed by atoms with Gasteiger partial charge in [0, 0.05) is 34.8 Å². The highest BCUT2D eigenvalue weighted by atomic mass is 79.9. The van der Waals surface area contributed by atoms with E-state index in [4.69, 9.17) is 0 Å². The predicted octanol–water partition coefficient (Wildman–Crippen LogP) is 2.31. The standard InChI is InChI=1S/C14H21BrN2O/c1-10-4-5-12(6-13(10)15)17-7-11(8-18)16-14(2,3)9-17/h4-6,11,16,18H,7-9H2,1-3H3. The molecular weight excluding hydrogens is 292 g/mol. The van der Waals surface area contributed by atoms with Crippen LogP contribution in [0, 0.1) is 6.92 Å². The van der Waals surface area contributed by atoms with Crippen LogP contribution >= 0.6 is 15.9 Å². The van der Waals surface area contributed by atoms with Gasteiger partial charge in [-0.2, -0.15) is 0 Å². The molecule has 0 aromatic heterocycles. The molecule has 3 nitrogen and oxygen atoms in total. The fourth-order valence-corrected chi connectivity index (χ4v) is 2.90. The molecule has 100 valence electrons. The Morgan fingerprint density at radius 1 is 1.50 bits per heavy atom. The van der Waals surface area contributed by atoms with Gasteiger partial charge < -0.3 is 15.3 Å². The van der Waals surface area contributed by atoms with E-state index in [0.717, 1.165) is 17.6 Å². The first kappa shape index (κ1) is 13.8. The smallest absolute Gasteiger partial charge is 0.0602 e. The number of piperazine rings is 1. The lowest BCUT2D eigenvalue weighted by atomic mass is 9.98. The molecule has 1 aromatic rings. The summed E-state index contributed by atoms with van der Waals surface area (Å²) in [5.41, 5.74) is 2.47. The third-order valence-electron chi connectivity index (χ3n) is 3.36. The normalized spacial score (nSPS) is 23.2. The maximum absolute atomic E-state index is 9.39. The second-order valence-electron chi connectivity index (χ2n) is 5.72. The number of benzene rings is 1. The van der Waals surface area contributed by atoms with E-state index in [2.05, 4.69) is 65.1 Å². The van der Waals surface area contributed by atoms with Crippen LogP contribution in [-0.2, 0) is 0 Å². The van der Waals surface area contributed by atoms with Crippen LogP contribution in [0.2, 0.25) is 0 Å². The number of halogens is 1. The number of hydrogen-bond donors (Lipinski definition) is 2. The molecule has 1 aromatic carbocycles. The van der Waals surface area contributed by atoms with E-state index in [1.165, 1.54) is 11.3 Å². The van der Waals surface area contributed by atoms with Crippen LogP contribution in [0.5, 0.6) is 0 Å². The summed E-state index contributed by atoms with van der Waals surface area (Å²) in [4.78, 5) is 2.33. The van der Waals surface area contributed by atoms with Crippen LogP contribution in [0.15, 0.2) is 22.7 Å². The Bertz CT molecular complexity index is 434. The third kappa shape index (κ3) is 3.05. The summed E-state index contributed by atoms with van der Waals surface area (Å²) in [5, 5.41) is 12.9. The molecule has 0 radical (unpaired) electrons. The monoisotopic (exact) mass is 312 g/mol. The van der Waals surface area contributed by atoms with Gasteiger partial charge in [0.15, 0.2) is 0 Å². The average Bonchev–Trinajstić information content (AvgIpc) is 2.30. The number of hydrogen-bond acceptors (Lipinski definition) is 3. The van der Waals surface area contributed by atoms with Crippen molar-refractivity contribution in [1.82, 2.24) is 5.32 Å². The summed E-state index contributed by atoms with van der Waals surface area (Å²) >= 11 is 3.58. The molecule has 0 spiro atoms. The van der Waals surface area contributed by atoms with Crippen LogP contribution in [0.1, 0.15) is 19.4 Å². The zero-order valence-electron chi connectivity index (χ0n) is 11.2. The molecule has 2 N–H and O–H groups in total. The summed E-state index contributed by atoms with van der Waals surface area (Å²) in [7, 11) is 0. The van der Waals surface area contributed by atoms with E-state index in [1.54, 1.807) is 0 Å². The molecule has 1 saturated heterocycles. The molecule has 1 atom stereocenters. The van der Waals surface area contributed by atoms with Crippen molar-refractivity contribution < 1.29 is 5.11 Å². The molecule has 1 aliphatic rings. The second kappa shape index (κ2) is 5.19. The Morgan fingerprint density at radius 2 is 2.22 bits per heavy atom. The Balaban J connectivity index is 2.23. The zero-order chi connectivity index (χ0) is 13.3. The topological polar surface area (TPSA) is 35.5 Å².